The fourth-order valence-electron chi connectivity index (χ4n) is 5.32. The van der Waals surface area contributed by atoms with E-state index in [1.807, 2.05) is 36.5 Å². The Balaban J connectivity index is 1.22. The largest absolute Gasteiger partial charge is 0.488 e. The zero-order valence-corrected chi connectivity index (χ0v) is 21.2. The van der Waals surface area contributed by atoms with Crippen LogP contribution in [-0.2, 0) is 22.5 Å². The Kier molecular flexibility index (Phi) is 7.56. The number of fused-ring (bicyclic) bond motifs is 3. The van der Waals surface area contributed by atoms with Gasteiger partial charge >= 0.3 is 6.09 Å². The number of pyridine rings is 1. The predicted octanol–water partition coefficient (Wildman–Crippen LogP) is 5.06. The molecule has 0 aliphatic carbocycles. The Morgan fingerprint density at radius 1 is 1.14 bits per heavy atom. The first-order valence-electron chi connectivity index (χ1n) is 12.9. The summed E-state index contributed by atoms with van der Waals surface area (Å²) >= 11 is 0. The molecule has 1 aromatic heterocycles. The number of anilines is 1. The number of piperidine rings is 1. The molecule has 2 unspecified atom stereocenters. The number of benzene rings is 2. The number of hydrogen-bond acceptors (Lipinski definition) is 6. The third-order valence-corrected chi connectivity index (χ3v) is 7.45. The number of aromatic nitrogens is 1. The Morgan fingerprint density at radius 2 is 2.00 bits per heavy atom. The van der Waals surface area contributed by atoms with E-state index in [0.717, 1.165) is 60.3 Å². The summed E-state index contributed by atoms with van der Waals surface area (Å²) < 4.78 is 17.4. The Hall–Kier alpha value is -3.32. The second-order valence-electron chi connectivity index (χ2n) is 9.61. The van der Waals surface area contributed by atoms with Crippen LogP contribution in [0.3, 0.4) is 0 Å². The number of amides is 1. The summed E-state index contributed by atoms with van der Waals surface area (Å²) in [5, 5.41) is 1.16. The number of hydrogen-bond donors (Lipinski definition) is 0. The van der Waals surface area contributed by atoms with Crippen LogP contribution in [0.5, 0.6) is 5.75 Å². The second kappa shape index (κ2) is 11.2. The minimum Gasteiger partial charge on any atom is -0.488 e. The van der Waals surface area contributed by atoms with Gasteiger partial charge in [0.25, 0.3) is 0 Å². The number of rotatable bonds is 7. The topological polar surface area (TPSA) is 64.1 Å². The lowest BCUT2D eigenvalue weighted by Crippen LogP contribution is -2.48. The van der Waals surface area contributed by atoms with Crippen LogP contribution in [0.15, 0.2) is 54.7 Å². The van der Waals surface area contributed by atoms with Gasteiger partial charge in [0.15, 0.2) is 5.75 Å². The first-order valence-corrected chi connectivity index (χ1v) is 12.9. The molecule has 1 amide bonds. The molecular formula is C29H35N3O4. The maximum atomic E-state index is 12.7. The number of aryl methyl sites for hydroxylation is 1. The van der Waals surface area contributed by atoms with Gasteiger partial charge in [0.05, 0.1) is 36.6 Å². The van der Waals surface area contributed by atoms with Crippen LogP contribution in [0.25, 0.3) is 10.9 Å². The number of carbonyl (C=O) groups is 1. The number of ether oxygens (including phenoxy) is 3. The summed E-state index contributed by atoms with van der Waals surface area (Å²) in [5.41, 5.74) is 4.44. The summed E-state index contributed by atoms with van der Waals surface area (Å²) in [6.07, 6.45) is 4.45. The highest BCUT2D eigenvalue weighted by molar-refractivity contribution is 5.95. The minimum absolute atomic E-state index is 0.00980. The molecule has 36 heavy (non-hydrogen) atoms. The van der Waals surface area contributed by atoms with Gasteiger partial charge in [-0.25, -0.2) is 4.79 Å². The molecule has 2 aromatic carbocycles. The fourth-order valence-corrected chi connectivity index (χ4v) is 5.32. The molecule has 1 fully saturated rings. The molecule has 190 valence electrons. The normalized spacial score (nSPS) is 19.6. The van der Waals surface area contributed by atoms with Crippen molar-refractivity contribution in [3.63, 3.8) is 0 Å². The first-order chi connectivity index (χ1) is 17.7. The van der Waals surface area contributed by atoms with Crippen molar-refractivity contribution >= 4 is 22.7 Å². The van der Waals surface area contributed by atoms with Crippen LogP contribution in [0.2, 0.25) is 0 Å². The molecule has 0 N–H and O–H groups in total. The Morgan fingerprint density at radius 3 is 2.81 bits per heavy atom. The van der Waals surface area contributed by atoms with Crippen LogP contribution in [0, 0.1) is 5.92 Å². The van der Waals surface area contributed by atoms with Crippen molar-refractivity contribution in [3.8, 4) is 5.75 Å². The van der Waals surface area contributed by atoms with Gasteiger partial charge in [-0.15, -0.1) is 0 Å². The van der Waals surface area contributed by atoms with E-state index in [4.69, 9.17) is 14.2 Å². The molecule has 2 atom stereocenters. The molecule has 0 saturated carbocycles. The van der Waals surface area contributed by atoms with Gasteiger partial charge in [0.1, 0.15) is 13.2 Å². The predicted molar refractivity (Wildman–Crippen MR) is 141 cm³/mol. The van der Waals surface area contributed by atoms with Crippen LogP contribution in [0.4, 0.5) is 10.5 Å². The maximum Gasteiger partial charge on any atom is 0.410 e. The van der Waals surface area contributed by atoms with Crippen molar-refractivity contribution in [2.24, 2.45) is 5.92 Å². The quantitative estimate of drug-likeness (QED) is 0.462. The molecule has 3 aromatic rings. The summed E-state index contributed by atoms with van der Waals surface area (Å²) in [7, 11) is 1.74. The van der Waals surface area contributed by atoms with Crippen molar-refractivity contribution in [2.75, 3.05) is 44.8 Å². The van der Waals surface area contributed by atoms with Crippen molar-refractivity contribution in [1.29, 1.82) is 0 Å². The Bertz CT molecular complexity index is 1180. The molecule has 0 radical (unpaired) electrons. The van der Waals surface area contributed by atoms with Crippen LogP contribution >= 0.6 is 0 Å². The summed E-state index contributed by atoms with van der Waals surface area (Å²) in [5.74, 6) is 1.24. The third kappa shape index (κ3) is 5.26. The molecule has 0 bridgehead atoms. The van der Waals surface area contributed by atoms with Gasteiger partial charge in [-0.2, -0.15) is 0 Å². The summed E-state index contributed by atoms with van der Waals surface area (Å²) in [6.45, 7) is 6.13. The maximum absolute atomic E-state index is 12.7. The van der Waals surface area contributed by atoms with Crippen LogP contribution in [0.1, 0.15) is 30.9 Å². The SMILES string of the molecule is CCc1ccc2ncc3c(c2c1)N(CCC1CCN(C(=O)OCc2ccccc2)CC1OC)CCO3. The van der Waals surface area contributed by atoms with Crippen molar-refractivity contribution in [3.05, 3.63) is 65.9 Å². The van der Waals surface area contributed by atoms with Gasteiger partial charge in [-0.3, -0.25) is 4.98 Å². The second-order valence-corrected chi connectivity index (χ2v) is 9.61. The lowest BCUT2D eigenvalue weighted by Gasteiger charge is -2.39. The number of carbonyl (C=O) groups excluding carboxylic acids is 1. The zero-order valence-electron chi connectivity index (χ0n) is 21.2. The molecule has 2 aliphatic rings. The summed E-state index contributed by atoms with van der Waals surface area (Å²) in [6, 6.07) is 16.3. The fraction of sp³-hybridized carbons (Fsp3) is 0.448. The van der Waals surface area contributed by atoms with Crippen molar-refractivity contribution < 1.29 is 19.0 Å². The lowest BCUT2D eigenvalue weighted by atomic mass is 9.90. The van der Waals surface area contributed by atoms with E-state index < -0.39 is 0 Å². The van der Waals surface area contributed by atoms with Crippen LogP contribution < -0.4 is 9.64 Å². The summed E-state index contributed by atoms with van der Waals surface area (Å²) in [4.78, 5) is 21.5. The molecule has 7 heteroatoms. The highest BCUT2D eigenvalue weighted by atomic mass is 16.6. The average Bonchev–Trinajstić information content (AvgIpc) is 2.94. The Labute approximate surface area is 213 Å². The van der Waals surface area contributed by atoms with Gasteiger partial charge in [0, 0.05) is 25.6 Å². The molecule has 7 nitrogen and oxygen atoms in total. The average molecular weight is 490 g/mol. The smallest absolute Gasteiger partial charge is 0.410 e. The molecule has 1 saturated heterocycles. The number of likely N-dealkylation sites (tertiary alicyclic amines) is 1. The molecule has 2 aliphatic heterocycles. The highest BCUT2D eigenvalue weighted by Gasteiger charge is 2.33. The standard InChI is InChI=1S/C29H35N3O4/c1-3-21-9-10-25-24(17-21)28-26(18-30-25)35-16-15-31(28)13-11-23-12-14-32(19-27(23)34-2)29(33)36-20-22-7-5-4-6-8-22/h4-10,17-18,23,27H,3,11-16,19-20H2,1-2H3. The van der Waals surface area contributed by atoms with Gasteiger partial charge < -0.3 is 24.0 Å². The molecule has 0 spiro atoms. The van der Waals surface area contributed by atoms with E-state index in [9.17, 15) is 4.79 Å². The molecule has 3 heterocycles. The van der Waals surface area contributed by atoms with E-state index in [1.54, 1.807) is 12.0 Å². The van der Waals surface area contributed by atoms with E-state index in [-0.39, 0.29) is 18.8 Å². The first kappa shape index (κ1) is 24.4. The lowest BCUT2D eigenvalue weighted by molar-refractivity contribution is -0.0148. The van der Waals surface area contributed by atoms with Crippen LogP contribution in [-0.4, -0.2) is 62.0 Å². The van der Waals surface area contributed by atoms with Gasteiger partial charge in [-0.05, 0) is 48.4 Å². The molecular weight excluding hydrogens is 454 g/mol. The molecule has 5 rings (SSSR count). The van der Waals surface area contributed by atoms with E-state index >= 15 is 0 Å². The highest BCUT2D eigenvalue weighted by Crippen LogP contribution is 2.38. The zero-order chi connectivity index (χ0) is 24.9. The van der Waals surface area contributed by atoms with Gasteiger partial charge in [0.2, 0.25) is 0 Å². The van der Waals surface area contributed by atoms with E-state index in [0.29, 0.717) is 25.6 Å². The minimum atomic E-state index is -0.271. The number of nitrogens with zero attached hydrogens (tertiary/aromatic N) is 3. The van der Waals surface area contributed by atoms with Crippen molar-refractivity contribution in [1.82, 2.24) is 9.88 Å². The number of methoxy groups -OCH3 is 1. The van der Waals surface area contributed by atoms with Gasteiger partial charge in [-0.1, -0.05) is 43.3 Å². The van der Waals surface area contributed by atoms with E-state index in [2.05, 4.69) is 35.0 Å². The third-order valence-electron chi connectivity index (χ3n) is 7.45. The monoisotopic (exact) mass is 489 g/mol. The van der Waals surface area contributed by atoms with E-state index in [1.165, 1.54) is 5.56 Å². The van der Waals surface area contributed by atoms with Crippen molar-refractivity contribution in [2.45, 2.75) is 38.9 Å².